The van der Waals surface area contributed by atoms with Crippen LogP contribution in [0.15, 0.2) is 53.4 Å². The van der Waals surface area contributed by atoms with Crippen molar-refractivity contribution in [1.29, 1.82) is 0 Å². The first-order valence-corrected chi connectivity index (χ1v) is 11.9. The predicted octanol–water partition coefficient (Wildman–Crippen LogP) is 2.66. The second-order valence-corrected chi connectivity index (χ2v) is 9.75. The number of amides is 1. The molecule has 0 aliphatic carbocycles. The summed E-state index contributed by atoms with van der Waals surface area (Å²) < 4.78 is 27.6. The first-order valence-electron chi connectivity index (χ1n) is 10.4. The molecule has 0 unspecified atom stereocenters. The minimum atomic E-state index is -3.71. The highest BCUT2D eigenvalue weighted by molar-refractivity contribution is 7.89. The first-order chi connectivity index (χ1) is 14.3. The van der Waals surface area contributed by atoms with E-state index in [1.54, 1.807) is 24.8 Å². The molecule has 6 nitrogen and oxygen atoms in total. The average molecular weight is 430 g/mol. The lowest BCUT2D eigenvalue weighted by molar-refractivity contribution is -0.133. The zero-order chi connectivity index (χ0) is 21.7. The molecule has 0 saturated carbocycles. The number of carbonyl (C=O) groups is 1. The van der Waals surface area contributed by atoms with E-state index in [1.807, 2.05) is 37.3 Å². The summed E-state index contributed by atoms with van der Waals surface area (Å²) >= 11 is 0. The molecule has 0 bridgehead atoms. The van der Waals surface area contributed by atoms with Gasteiger partial charge in [0.25, 0.3) is 0 Å². The fourth-order valence-corrected chi connectivity index (χ4v) is 5.45. The van der Waals surface area contributed by atoms with Crippen molar-refractivity contribution in [2.24, 2.45) is 0 Å². The predicted molar refractivity (Wildman–Crippen MR) is 119 cm³/mol. The number of aryl methyl sites for hydroxylation is 2. The second-order valence-electron chi connectivity index (χ2n) is 7.84. The van der Waals surface area contributed by atoms with E-state index < -0.39 is 10.0 Å². The molecule has 0 N–H and O–H groups in total. The molecule has 1 saturated heterocycles. The van der Waals surface area contributed by atoms with E-state index in [1.165, 1.54) is 9.87 Å². The monoisotopic (exact) mass is 429 g/mol. The van der Waals surface area contributed by atoms with Gasteiger partial charge in [-0.1, -0.05) is 49.4 Å². The summed E-state index contributed by atoms with van der Waals surface area (Å²) in [6.07, 6.45) is 0. The molecule has 0 aromatic heterocycles. The van der Waals surface area contributed by atoms with Crippen molar-refractivity contribution in [3.8, 4) is 0 Å². The van der Waals surface area contributed by atoms with Gasteiger partial charge in [-0.25, -0.2) is 8.42 Å². The Bertz CT molecular complexity index is 968. The molecule has 1 heterocycles. The van der Waals surface area contributed by atoms with Gasteiger partial charge in [0.2, 0.25) is 15.9 Å². The van der Waals surface area contributed by atoms with Gasteiger partial charge >= 0.3 is 0 Å². The number of benzene rings is 2. The molecule has 2 aromatic carbocycles. The van der Waals surface area contributed by atoms with Crippen molar-refractivity contribution >= 4 is 15.9 Å². The third-order valence-corrected chi connectivity index (χ3v) is 7.66. The normalized spacial score (nSPS) is 15.5. The van der Waals surface area contributed by atoms with Gasteiger partial charge in [0, 0.05) is 39.3 Å². The number of hydrogen-bond donors (Lipinski definition) is 0. The smallest absolute Gasteiger partial charge is 0.243 e. The van der Waals surface area contributed by atoms with Crippen LogP contribution in [-0.2, 0) is 21.4 Å². The third-order valence-electron chi connectivity index (χ3n) is 5.60. The van der Waals surface area contributed by atoms with Crippen LogP contribution in [0, 0.1) is 13.8 Å². The maximum Gasteiger partial charge on any atom is 0.243 e. The Morgan fingerprint density at radius 3 is 2.30 bits per heavy atom. The fraction of sp³-hybridized carbons (Fsp3) is 0.435. The van der Waals surface area contributed by atoms with Crippen molar-refractivity contribution in [3.63, 3.8) is 0 Å². The van der Waals surface area contributed by atoms with Gasteiger partial charge in [-0.3, -0.25) is 9.69 Å². The minimum Gasteiger partial charge on any atom is -0.339 e. The van der Waals surface area contributed by atoms with E-state index in [9.17, 15) is 13.2 Å². The Morgan fingerprint density at radius 1 is 1.00 bits per heavy atom. The average Bonchev–Trinajstić information content (AvgIpc) is 2.74. The molecule has 0 atom stereocenters. The quantitative estimate of drug-likeness (QED) is 0.679. The SMILES string of the molecule is CCN(CC(=O)N1CCN(Cc2ccccc2)CC1)S(=O)(=O)c1cc(C)ccc1C. The summed E-state index contributed by atoms with van der Waals surface area (Å²) in [6, 6.07) is 15.7. The van der Waals surface area contributed by atoms with Crippen molar-refractivity contribution < 1.29 is 13.2 Å². The molecular weight excluding hydrogens is 398 g/mol. The van der Waals surface area contributed by atoms with Crippen LogP contribution in [0.4, 0.5) is 0 Å². The van der Waals surface area contributed by atoms with Crippen LogP contribution >= 0.6 is 0 Å². The molecule has 1 aliphatic heterocycles. The van der Waals surface area contributed by atoms with Crippen LogP contribution in [0.3, 0.4) is 0 Å². The molecule has 7 heteroatoms. The van der Waals surface area contributed by atoms with Gasteiger partial charge < -0.3 is 4.90 Å². The number of carbonyl (C=O) groups excluding carboxylic acids is 1. The lowest BCUT2D eigenvalue weighted by atomic mass is 10.2. The van der Waals surface area contributed by atoms with Crippen LogP contribution in [-0.4, -0.2) is 67.7 Å². The van der Waals surface area contributed by atoms with E-state index >= 15 is 0 Å². The number of rotatable bonds is 7. The van der Waals surface area contributed by atoms with Gasteiger partial charge in [0.1, 0.15) is 0 Å². The van der Waals surface area contributed by atoms with Gasteiger partial charge in [-0.05, 0) is 36.6 Å². The molecular formula is C23H31N3O3S. The van der Waals surface area contributed by atoms with Crippen LogP contribution in [0.2, 0.25) is 0 Å². The Kier molecular flexibility index (Phi) is 7.28. The fourth-order valence-electron chi connectivity index (χ4n) is 3.74. The summed E-state index contributed by atoms with van der Waals surface area (Å²) in [6.45, 7) is 9.24. The highest BCUT2D eigenvalue weighted by Gasteiger charge is 2.29. The third kappa shape index (κ3) is 5.28. The number of sulfonamides is 1. The van der Waals surface area contributed by atoms with Gasteiger partial charge in [0.15, 0.2) is 0 Å². The van der Waals surface area contributed by atoms with Gasteiger partial charge in [0.05, 0.1) is 11.4 Å². The Hall–Kier alpha value is -2.22. The highest BCUT2D eigenvalue weighted by atomic mass is 32.2. The summed E-state index contributed by atoms with van der Waals surface area (Å²) in [5.41, 5.74) is 2.84. The summed E-state index contributed by atoms with van der Waals surface area (Å²) in [7, 11) is -3.71. The molecule has 1 amide bonds. The topological polar surface area (TPSA) is 60.9 Å². The van der Waals surface area contributed by atoms with Gasteiger partial charge in [-0.2, -0.15) is 4.31 Å². The van der Waals surface area contributed by atoms with E-state index in [-0.39, 0.29) is 23.9 Å². The van der Waals surface area contributed by atoms with E-state index in [0.29, 0.717) is 18.7 Å². The maximum absolute atomic E-state index is 13.2. The molecule has 2 aromatic rings. The van der Waals surface area contributed by atoms with Crippen molar-refractivity contribution in [2.75, 3.05) is 39.3 Å². The van der Waals surface area contributed by atoms with E-state index in [2.05, 4.69) is 17.0 Å². The van der Waals surface area contributed by atoms with Crippen LogP contribution < -0.4 is 0 Å². The van der Waals surface area contributed by atoms with Crippen LogP contribution in [0.25, 0.3) is 0 Å². The lowest BCUT2D eigenvalue weighted by Crippen LogP contribution is -2.51. The molecule has 1 aliphatic rings. The molecule has 0 spiro atoms. The molecule has 30 heavy (non-hydrogen) atoms. The molecule has 3 rings (SSSR count). The minimum absolute atomic E-state index is 0.120. The number of piperazine rings is 1. The van der Waals surface area contributed by atoms with Crippen molar-refractivity contribution in [3.05, 3.63) is 65.2 Å². The Balaban J connectivity index is 1.61. The highest BCUT2D eigenvalue weighted by Crippen LogP contribution is 2.21. The maximum atomic E-state index is 13.2. The Labute approximate surface area is 180 Å². The Morgan fingerprint density at radius 2 is 1.67 bits per heavy atom. The second kappa shape index (κ2) is 9.73. The number of nitrogens with zero attached hydrogens (tertiary/aromatic N) is 3. The van der Waals surface area contributed by atoms with Crippen LogP contribution in [0.5, 0.6) is 0 Å². The van der Waals surface area contributed by atoms with Gasteiger partial charge in [-0.15, -0.1) is 0 Å². The molecule has 0 radical (unpaired) electrons. The van der Waals surface area contributed by atoms with Crippen LogP contribution in [0.1, 0.15) is 23.6 Å². The zero-order valence-electron chi connectivity index (χ0n) is 18.0. The lowest BCUT2D eigenvalue weighted by Gasteiger charge is -2.35. The van der Waals surface area contributed by atoms with E-state index in [4.69, 9.17) is 0 Å². The standard InChI is InChI=1S/C23H31N3O3S/c1-4-26(30(28,29)22-16-19(2)10-11-20(22)3)18-23(27)25-14-12-24(13-15-25)17-21-8-6-5-7-9-21/h5-11,16H,4,12-15,17-18H2,1-3H3. The van der Waals surface area contributed by atoms with E-state index in [0.717, 1.165) is 25.2 Å². The van der Waals surface area contributed by atoms with Crippen molar-refractivity contribution in [1.82, 2.24) is 14.1 Å². The summed E-state index contributed by atoms with van der Waals surface area (Å²) in [5, 5.41) is 0. The summed E-state index contributed by atoms with van der Waals surface area (Å²) in [5.74, 6) is -0.134. The number of hydrogen-bond acceptors (Lipinski definition) is 4. The largest absolute Gasteiger partial charge is 0.339 e. The summed E-state index contributed by atoms with van der Waals surface area (Å²) in [4.78, 5) is 17.2. The molecule has 162 valence electrons. The molecule has 1 fully saturated rings. The van der Waals surface area contributed by atoms with Crippen molar-refractivity contribution in [2.45, 2.75) is 32.2 Å². The zero-order valence-corrected chi connectivity index (χ0v) is 18.9. The number of likely N-dealkylation sites (N-methyl/N-ethyl adjacent to an activating group) is 1. The first kappa shape index (κ1) is 22.5.